The van der Waals surface area contributed by atoms with Crippen molar-refractivity contribution in [2.75, 3.05) is 13.6 Å². The maximum absolute atomic E-state index is 2.39. The second-order valence-electron chi connectivity index (χ2n) is 4.08. The molecule has 0 saturated heterocycles. The Kier molecular flexibility index (Phi) is 4.68. The fourth-order valence-electron chi connectivity index (χ4n) is 1.63. The number of hydrogen-bond acceptors (Lipinski definition) is 1. The van der Waals surface area contributed by atoms with E-state index in [1.165, 1.54) is 30.5 Å². The molecule has 0 N–H and O–H groups in total. The van der Waals surface area contributed by atoms with Crippen molar-refractivity contribution < 1.29 is 0 Å². The van der Waals surface area contributed by atoms with Crippen LogP contribution < -0.4 is 0 Å². The van der Waals surface area contributed by atoms with E-state index in [4.69, 9.17) is 0 Å². The third-order valence-electron chi connectivity index (χ3n) is 2.43. The van der Waals surface area contributed by atoms with E-state index in [1.54, 1.807) is 0 Å². The van der Waals surface area contributed by atoms with Gasteiger partial charge in [0, 0.05) is 6.54 Å². The molecule has 1 aromatic carbocycles. The molecule has 0 radical (unpaired) electrons. The van der Waals surface area contributed by atoms with Gasteiger partial charge in [-0.25, -0.2) is 0 Å². The third kappa shape index (κ3) is 3.93. The Labute approximate surface area is 87.7 Å². The molecule has 1 nitrogen and oxygen atoms in total. The quantitative estimate of drug-likeness (QED) is 0.690. The first-order valence-electron chi connectivity index (χ1n) is 5.46. The van der Waals surface area contributed by atoms with Crippen LogP contribution in [-0.4, -0.2) is 18.5 Å². The Bertz CT molecular complexity index is 268. The smallest absolute Gasteiger partial charge is 0.0230 e. The minimum Gasteiger partial charge on any atom is -0.302 e. The van der Waals surface area contributed by atoms with Crippen LogP contribution in [0.3, 0.4) is 0 Å². The zero-order valence-electron chi connectivity index (χ0n) is 9.59. The van der Waals surface area contributed by atoms with Gasteiger partial charge in [0.15, 0.2) is 0 Å². The highest BCUT2D eigenvalue weighted by Crippen LogP contribution is 2.06. The van der Waals surface area contributed by atoms with Crippen molar-refractivity contribution in [2.45, 2.75) is 33.2 Å². The number of aryl methyl sites for hydroxylation is 1. The summed E-state index contributed by atoms with van der Waals surface area (Å²) in [4.78, 5) is 2.39. The highest BCUT2D eigenvalue weighted by molar-refractivity contribution is 5.21. The van der Waals surface area contributed by atoms with E-state index in [1.807, 2.05) is 0 Å². The summed E-state index contributed by atoms with van der Waals surface area (Å²) >= 11 is 0. The summed E-state index contributed by atoms with van der Waals surface area (Å²) in [6.45, 7) is 6.65. The normalized spacial score (nSPS) is 10.9. The zero-order chi connectivity index (χ0) is 10.4. The highest BCUT2D eigenvalue weighted by Gasteiger charge is 1.99. The van der Waals surface area contributed by atoms with E-state index < -0.39 is 0 Å². The summed E-state index contributed by atoms with van der Waals surface area (Å²) in [7, 11) is 2.19. The molecular weight excluding hydrogens is 170 g/mol. The molecule has 14 heavy (non-hydrogen) atoms. The van der Waals surface area contributed by atoms with Gasteiger partial charge in [0.1, 0.15) is 0 Å². The Morgan fingerprint density at radius 3 is 2.71 bits per heavy atom. The van der Waals surface area contributed by atoms with E-state index >= 15 is 0 Å². The summed E-state index contributed by atoms with van der Waals surface area (Å²) in [5, 5.41) is 0. The van der Waals surface area contributed by atoms with Crippen LogP contribution in [0.4, 0.5) is 0 Å². The second-order valence-corrected chi connectivity index (χ2v) is 4.08. The average molecular weight is 191 g/mol. The van der Waals surface area contributed by atoms with E-state index in [-0.39, 0.29) is 0 Å². The van der Waals surface area contributed by atoms with Gasteiger partial charge in [-0.15, -0.1) is 0 Å². The van der Waals surface area contributed by atoms with Crippen molar-refractivity contribution in [2.24, 2.45) is 0 Å². The first-order valence-corrected chi connectivity index (χ1v) is 5.46. The van der Waals surface area contributed by atoms with E-state index in [0.717, 1.165) is 6.54 Å². The maximum atomic E-state index is 2.39. The van der Waals surface area contributed by atoms with Gasteiger partial charge < -0.3 is 4.90 Å². The third-order valence-corrected chi connectivity index (χ3v) is 2.43. The molecule has 0 amide bonds. The molecule has 0 atom stereocenters. The van der Waals surface area contributed by atoms with Gasteiger partial charge in [0.05, 0.1) is 0 Å². The van der Waals surface area contributed by atoms with Crippen molar-refractivity contribution in [1.82, 2.24) is 4.90 Å². The van der Waals surface area contributed by atoms with Crippen molar-refractivity contribution in [3.05, 3.63) is 35.4 Å². The summed E-state index contributed by atoms with van der Waals surface area (Å²) < 4.78 is 0. The molecule has 0 heterocycles. The van der Waals surface area contributed by atoms with E-state index in [9.17, 15) is 0 Å². The highest BCUT2D eigenvalue weighted by atomic mass is 15.1. The number of unbranched alkanes of at least 4 members (excludes halogenated alkanes) is 1. The molecule has 1 aromatic rings. The first kappa shape index (κ1) is 11.3. The van der Waals surface area contributed by atoms with Gasteiger partial charge in [0.25, 0.3) is 0 Å². The Hall–Kier alpha value is -0.820. The van der Waals surface area contributed by atoms with Crippen LogP contribution in [0.25, 0.3) is 0 Å². The lowest BCUT2D eigenvalue weighted by molar-refractivity contribution is 0.321. The Morgan fingerprint density at radius 2 is 2.07 bits per heavy atom. The monoisotopic (exact) mass is 191 g/mol. The zero-order valence-corrected chi connectivity index (χ0v) is 9.59. The largest absolute Gasteiger partial charge is 0.302 e. The lowest BCUT2D eigenvalue weighted by atomic mass is 10.1. The predicted octanol–water partition coefficient (Wildman–Crippen LogP) is 3.23. The van der Waals surface area contributed by atoms with Crippen LogP contribution in [0.2, 0.25) is 0 Å². The Morgan fingerprint density at radius 1 is 1.29 bits per heavy atom. The maximum Gasteiger partial charge on any atom is 0.0230 e. The van der Waals surface area contributed by atoms with Crippen molar-refractivity contribution in [3.8, 4) is 0 Å². The SMILES string of the molecule is CCCCN(C)Cc1cccc(C)c1. The van der Waals surface area contributed by atoms with Crippen LogP contribution in [0.1, 0.15) is 30.9 Å². The van der Waals surface area contributed by atoms with Crippen LogP contribution in [0.15, 0.2) is 24.3 Å². The molecule has 0 aromatic heterocycles. The fourth-order valence-corrected chi connectivity index (χ4v) is 1.63. The summed E-state index contributed by atoms with van der Waals surface area (Å²) in [6.07, 6.45) is 2.57. The first-order chi connectivity index (χ1) is 6.72. The van der Waals surface area contributed by atoms with Crippen molar-refractivity contribution in [1.29, 1.82) is 0 Å². The fraction of sp³-hybridized carbons (Fsp3) is 0.538. The van der Waals surface area contributed by atoms with Crippen LogP contribution in [0.5, 0.6) is 0 Å². The summed E-state index contributed by atoms with van der Waals surface area (Å²) in [6, 6.07) is 8.76. The van der Waals surface area contributed by atoms with E-state index in [0.29, 0.717) is 0 Å². The molecule has 0 spiro atoms. The van der Waals surface area contributed by atoms with Crippen molar-refractivity contribution in [3.63, 3.8) is 0 Å². The molecule has 78 valence electrons. The molecule has 0 bridgehead atoms. The van der Waals surface area contributed by atoms with Crippen LogP contribution >= 0.6 is 0 Å². The van der Waals surface area contributed by atoms with Gasteiger partial charge in [-0.3, -0.25) is 0 Å². The number of rotatable bonds is 5. The predicted molar refractivity (Wildman–Crippen MR) is 62.4 cm³/mol. The van der Waals surface area contributed by atoms with E-state index in [2.05, 4.69) is 50.1 Å². The molecule has 1 rings (SSSR count). The van der Waals surface area contributed by atoms with Crippen molar-refractivity contribution >= 4 is 0 Å². The van der Waals surface area contributed by atoms with Gasteiger partial charge in [0.2, 0.25) is 0 Å². The second kappa shape index (κ2) is 5.82. The molecule has 0 aliphatic carbocycles. The standard InChI is InChI=1S/C13H21N/c1-4-5-9-14(3)11-13-8-6-7-12(2)10-13/h6-8,10H,4-5,9,11H2,1-3H3. The van der Waals surface area contributed by atoms with Gasteiger partial charge >= 0.3 is 0 Å². The molecule has 0 aliphatic rings. The topological polar surface area (TPSA) is 3.24 Å². The number of hydrogen-bond donors (Lipinski definition) is 0. The molecular formula is C13H21N. The minimum absolute atomic E-state index is 1.07. The van der Waals surface area contributed by atoms with Gasteiger partial charge in [-0.2, -0.15) is 0 Å². The van der Waals surface area contributed by atoms with Crippen LogP contribution in [-0.2, 0) is 6.54 Å². The lowest BCUT2D eigenvalue weighted by Gasteiger charge is -2.16. The summed E-state index contributed by atoms with van der Waals surface area (Å²) in [5.41, 5.74) is 2.77. The molecule has 0 saturated carbocycles. The average Bonchev–Trinajstić information content (AvgIpc) is 2.15. The summed E-state index contributed by atoms with van der Waals surface area (Å²) in [5.74, 6) is 0. The Balaban J connectivity index is 2.43. The molecule has 0 fully saturated rings. The van der Waals surface area contributed by atoms with Gasteiger partial charge in [-0.1, -0.05) is 43.2 Å². The molecule has 0 unspecified atom stereocenters. The van der Waals surface area contributed by atoms with Gasteiger partial charge in [-0.05, 0) is 32.5 Å². The number of nitrogens with zero attached hydrogens (tertiary/aromatic N) is 1. The minimum atomic E-state index is 1.07. The lowest BCUT2D eigenvalue weighted by Crippen LogP contribution is -2.18. The van der Waals surface area contributed by atoms with Crippen LogP contribution in [0, 0.1) is 6.92 Å². The molecule has 0 aliphatic heterocycles. The number of benzene rings is 1. The molecule has 1 heteroatoms.